The monoisotopic (exact) mass is 143 g/mol. The summed E-state index contributed by atoms with van der Waals surface area (Å²) in [5.74, 6) is 0. The molecule has 1 aromatic rings. The molecule has 3 heteroatoms. The molecule has 0 aliphatic carbocycles. The van der Waals surface area contributed by atoms with Crippen molar-refractivity contribution in [3.63, 3.8) is 0 Å². The van der Waals surface area contributed by atoms with Crippen molar-refractivity contribution in [2.24, 2.45) is 0 Å². The number of aromatic nitrogens is 1. The molecule has 0 aliphatic rings. The van der Waals surface area contributed by atoms with E-state index < -0.39 is 0 Å². The third-order valence-corrected chi connectivity index (χ3v) is 1.37. The molecule has 0 aliphatic heterocycles. The zero-order chi connectivity index (χ0) is 8.27. The molecule has 0 fully saturated rings. The molecular formula is C8H5N3. The molecule has 0 unspecified atom stereocenters. The van der Waals surface area contributed by atoms with Crippen LogP contribution in [-0.2, 0) is 0 Å². The van der Waals surface area contributed by atoms with E-state index >= 15 is 0 Å². The molecule has 0 radical (unpaired) electrons. The fourth-order valence-electron chi connectivity index (χ4n) is 0.801. The van der Waals surface area contributed by atoms with Gasteiger partial charge in [-0.2, -0.15) is 10.5 Å². The summed E-state index contributed by atoms with van der Waals surface area (Å²) in [6.45, 7) is 1.71. The van der Waals surface area contributed by atoms with E-state index in [1.165, 1.54) is 12.3 Å². The maximum Gasteiger partial charge on any atom is 0.102 e. The molecule has 1 rings (SSSR count). The van der Waals surface area contributed by atoms with Gasteiger partial charge in [-0.15, -0.1) is 0 Å². The molecule has 0 atom stereocenters. The third kappa shape index (κ3) is 1.17. The summed E-state index contributed by atoms with van der Waals surface area (Å²) in [6, 6.07) is 5.39. The first-order valence-electron chi connectivity index (χ1n) is 3.05. The number of nitrogens with zero attached hydrogens (tertiary/aromatic N) is 3. The summed E-state index contributed by atoms with van der Waals surface area (Å²) >= 11 is 0. The van der Waals surface area contributed by atoms with E-state index in [0.717, 1.165) is 0 Å². The lowest BCUT2D eigenvalue weighted by molar-refractivity contribution is 1.17. The van der Waals surface area contributed by atoms with Crippen LogP contribution in [0.1, 0.15) is 16.8 Å². The van der Waals surface area contributed by atoms with Crippen LogP contribution in [0.4, 0.5) is 0 Å². The summed E-state index contributed by atoms with van der Waals surface area (Å²) in [7, 11) is 0. The second kappa shape index (κ2) is 2.81. The highest BCUT2D eigenvalue weighted by Gasteiger charge is 2.03. The lowest BCUT2D eigenvalue weighted by Crippen LogP contribution is -1.90. The fourth-order valence-corrected chi connectivity index (χ4v) is 0.801. The van der Waals surface area contributed by atoms with Crippen LogP contribution >= 0.6 is 0 Å². The highest BCUT2D eigenvalue weighted by molar-refractivity contribution is 5.46. The maximum atomic E-state index is 8.59. The Kier molecular flexibility index (Phi) is 1.85. The van der Waals surface area contributed by atoms with Crippen molar-refractivity contribution in [2.45, 2.75) is 6.92 Å². The van der Waals surface area contributed by atoms with Crippen LogP contribution in [0.15, 0.2) is 12.3 Å². The Morgan fingerprint density at radius 2 is 2.09 bits per heavy atom. The average molecular weight is 143 g/mol. The van der Waals surface area contributed by atoms with Crippen molar-refractivity contribution >= 4 is 0 Å². The van der Waals surface area contributed by atoms with Gasteiger partial charge < -0.3 is 0 Å². The number of rotatable bonds is 0. The van der Waals surface area contributed by atoms with Crippen molar-refractivity contribution < 1.29 is 0 Å². The van der Waals surface area contributed by atoms with Crippen LogP contribution in [0.2, 0.25) is 0 Å². The van der Waals surface area contributed by atoms with Crippen molar-refractivity contribution in [1.29, 1.82) is 10.5 Å². The van der Waals surface area contributed by atoms with E-state index in [-0.39, 0.29) is 0 Å². The topological polar surface area (TPSA) is 60.5 Å². The van der Waals surface area contributed by atoms with E-state index in [1.807, 2.05) is 12.1 Å². The molecule has 0 saturated heterocycles. The Morgan fingerprint density at radius 1 is 1.36 bits per heavy atom. The van der Waals surface area contributed by atoms with Crippen molar-refractivity contribution in [1.82, 2.24) is 4.98 Å². The minimum Gasteiger partial charge on any atom is -0.260 e. The molecular weight excluding hydrogens is 138 g/mol. The zero-order valence-electron chi connectivity index (χ0n) is 6.00. The average Bonchev–Trinajstić information content (AvgIpc) is 2.04. The normalized spacial score (nSPS) is 8.27. The highest BCUT2D eigenvalue weighted by Crippen LogP contribution is 2.07. The quantitative estimate of drug-likeness (QED) is 0.547. The number of hydrogen-bond acceptors (Lipinski definition) is 3. The lowest BCUT2D eigenvalue weighted by Gasteiger charge is -1.95. The molecule has 0 N–H and O–H groups in total. The third-order valence-electron chi connectivity index (χ3n) is 1.37. The van der Waals surface area contributed by atoms with Crippen molar-refractivity contribution in [3.05, 3.63) is 29.1 Å². The van der Waals surface area contributed by atoms with Gasteiger partial charge in [0.2, 0.25) is 0 Å². The molecule has 1 aromatic heterocycles. The molecule has 52 valence electrons. The van der Waals surface area contributed by atoms with Gasteiger partial charge in [0, 0.05) is 6.20 Å². The van der Waals surface area contributed by atoms with Crippen LogP contribution in [0.5, 0.6) is 0 Å². The van der Waals surface area contributed by atoms with Crippen molar-refractivity contribution in [3.8, 4) is 12.1 Å². The number of pyridine rings is 1. The minimum atomic E-state index is 0.370. The van der Waals surface area contributed by atoms with Crippen molar-refractivity contribution in [2.75, 3.05) is 0 Å². The summed E-state index contributed by atoms with van der Waals surface area (Å²) in [6.07, 6.45) is 1.52. The first-order valence-corrected chi connectivity index (χ1v) is 3.05. The molecule has 0 spiro atoms. The summed E-state index contributed by atoms with van der Waals surface area (Å²) < 4.78 is 0. The number of aryl methyl sites for hydroxylation is 1. The van der Waals surface area contributed by atoms with Gasteiger partial charge in [-0.1, -0.05) is 0 Å². The van der Waals surface area contributed by atoms with Gasteiger partial charge in [-0.3, -0.25) is 4.98 Å². The standard InChI is InChI=1S/C8H5N3/c1-6-8(5-10)7(4-9)2-3-11-6/h2-3H,1H3. The molecule has 11 heavy (non-hydrogen) atoms. The largest absolute Gasteiger partial charge is 0.260 e. The summed E-state index contributed by atoms with van der Waals surface area (Å²) in [5, 5.41) is 17.1. The molecule has 3 nitrogen and oxygen atoms in total. The number of hydrogen-bond donors (Lipinski definition) is 0. The Labute approximate surface area is 64.5 Å². The van der Waals surface area contributed by atoms with Crippen LogP contribution in [0.3, 0.4) is 0 Å². The maximum absolute atomic E-state index is 8.59. The van der Waals surface area contributed by atoms with Crippen LogP contribution in [0, 0.1) is 29.6 Å². The van der Waals surface area contributed by atoms with Gasteiger partial charge in [0.1, 0.15) is 12.1 Å². The highest BCUT2D eigenvalue weighted by atomic mass is 14.7. The van der Waals surface area contributed by atoms with Gasteiger partial charge in [0.15, 0.2) is 0 Å². The predicted molar refractivity (Wildman–Crippen MR) is 38.4 cm³/mol. The first kappa shape index (κ1) is 7.24. The zero-order valence-corrected chi connectivity index (χ0v) is 6.00. The molecule has 1 heterocycles. The summed E-state index contributed by atoms with van der Waals surface area (Å²) in [4.78, 5) is 3.88. The minimum absolute atomic E-state index is 0.370. The van der Waals surface area contributed by atoms with Gasteiger partial charge in [-0.25, -0.2) is 0 Å². The Balaban J connectivity index is 3.42. The van der Waals surface area contributed by atoms with E-state index in [4.69, 9.17) is 10.5 Å². The van der Waals surface area contributed by atoms with Crippen LogP contribution in [-0.4, -0.2) is 4.98 Å². The Bertz CT molecular complexity index is 355. The van der Waals surface area contributed by atoms with Gasteiger partial charge in [0.25, 0.3) is 0 Å². The van der Waals surface area contributed by atoms with E-state index in [1.54, 1.807) is 6.92 Å². The SMILES string of the molecule is Cc1nccc(C#N)c1C#N. The number of nitriles is 2. The Morgan fingerprint density at radius 3 is 2.55 bits per heavy atom. The second-order valence-corrected chi connectivity index (χ2v) is 2.04. The van der Waals surface area contributed by atoms with Gasteiger partial charge in [0.05, 0.1) is 16.8 Å². The molecule has 0 bridgehead atoms. The molecule has 0 amide bonds. The second-order valence-electron chi connectivity index (χ2n) is 2.04. The van der Waals surface area contributed by atoms with E-state index in [0.29, 0.717) is 16.8 Å². The van der Waals surface area contributed by atoms with E-state index in [9.17, 15) is 0 Å². The smallest absolute Gasteiger partial charge is 0.102 e. The predicted octanol–water partition coefficient (Wildman–Crippen LogP) is 1.13. The van der Waals surface area contributed by atoms with Crippen LogP contribution < -0.4 is 0 Å². The summed E-state index contributed by atoms with van der Waals surface area (Å²) in [5.41, 5.74) is 1.36. The van der Waals surface area contributed by atoms with E-state index in [2.05, 4.69) is 4.98 Å². The van der Waals surface area contributed by atoms with Crippen LogP contribution in [0.25, 0.3) is 0 Å². The fraction of sp³-hybridized carbons (Fsp3) is 0.125. The molecule has 0 aromatic carbocycles. The lowest BCUT2D eigenvalue weighted by atomic mass is 10.1. The molecule has 0 saturated carbocycles. The van der Waals surface area contributed by atoms with Gasteiger partial charge in [-0.05, 0) is 13.0 Å². The first-order chi connectivity index (χ1) is 5.29. The Hall–Kier alpha value is -1.87. The van der Waals surface area contributed by atoms with Gasteiger partial charge >= 0.3 is 0 Å².